The molecule has 0 saturated carbocycles. The molecule has 0 amide bonds. The number of aromatic nitrogens is 1. The van der Waals surface area contributed by atoms with Gasteiger partial charge in [-0.15, -0.1) is 11.3 Å². The third-order valence-electron chi connectivity index (χ3n) is 4.39. The van der Waals surface area contributed by atoms with Gasteiger partial charge in [0.25, 0.3) is 9.05 Å². The van der Waals surface area contributed by atoms with Crippen LogP contribution in [0.5, 0.6) is 0 Å². The summed E-state index contributed by atoms with van der Waals surface area (Å²) in [6.45, 7) is 6.49. The minimum atomic E-state index is -3.74. The molecule has 0 N–H and O–H groups in total. The van der Waals surface area contributed by atoms with Gasteiger partial charge in [0.15, 0.2) is 8.32 Å². The van der Waals surface area contributed by atoms with Crippen molar-refractivity contribution in [3.8, 4) is 0 Å². The van der Waals surface area contributed by atoms with Crippen LogP contribution in [0.15, 0.2) is 40.7 Å². The zero-order valence-corrected chi connectivity index (χ0v) is 17.4. The summed E-state index contributed by atoms with van der Waals surface area (Å²) in [6.07, 6.45) is 1.38. The van der Waals surface area contributed by atoms with Crippen LogP contribution < -0.4 is 0 Å². The minimum absolute atomic E-state index is 0.116. The van der Waals surface area contributed by atoms with Crippen molar-refractivity contribution in [1.29, 1.82) is 0 Å². The van der Waals surface area contributed by atoms with E-state index in [1.54, 1.807) is 17.6 Å². The van der Waals surface area contributed by atoms with Crippen molar-refractivity contribution < 1.29 is 12.8 Å². The second-order valence-electron chi connectivity index (χ2n) is 5.62. The molecule has 1 unspecified atom stereocenters. The summed E-state index contributed by atoms with van der Waals surface area (Å²) in [5.41, 5.74) is 0.796. The molecule has 0 aliphatic carbocycles. The predicted molar refractivity (Wildman–Crippen MR) is 102 cm³/mol. The van der Waals surface area contributed by atoms with E-state index in [0.29, 0.717) is 0 Å². The van der Waals surface area contributed by atoms with Crippen LogP contribution >= 0.6 is 22.0 Å². The number of rotatable bonds is 8. The summed E-state index contributed by atoms with van der Waals surface area (Å²) in [5.74, 6) is 0. The molecule has 0 fully saturated rings. The van der Waals surface area contributed by atoms with Gasteiger partial charge in [-0.25, -0.2) is 8.42 Å². The van der Waals surface area contributed by atoms with Crippen LogP contribution in [0, 0.1) is 0 Å². The SMILES string of the molecule is CC[Si](CC)(CC)OC(c1ccccn1)c1cc(S(=O)(=O)Cl)cs1. The van der Waals surface area contributed by atoms with E-state index in [1.807, 2.05) is 18.2 Å². The van der Waals surface area contributed by atoms with E-state index >= 15 is 0 Å². The van der Waals surface area contributed by atoms with Crippen LogP contribution in [-0.4, -0.2) is 21.7 Å². The molecule has 1 atom stereocenters. The van der Waals surface area contributed by atoms with Crippen molar-refractivity contribution in [3.05, 3.63) is 46.4 Å². The van der Waals surface area contributed by atoms with Crippen LogP contribution in [-0.2, 0) is 13.5 Å². The highest BCUT2D eigenvalue weighted by Crippen LogP contribution is 2.37. The molecule has 0 aromatic carbocycles. The minimum Gasteiger partial charge on any atom is -0.403 e. The lowest BCUT2D eigenvalue weighted by molar-refractivity contribution is 0.229. The van der Waals surface area contributed by atoms with Gasteiger partial charge in [0.05, 0.1) is 10.6 Å². The first-order chi connectivity index (χ1) is 11.3. The van der Waals surface area contributed by atoms with Gasteiger partial charge in [-0.05, 0) is 36.3 Å². The van der Waals surface area contributed by atoms with Crippen LogP contribution in [0.2, 0.25) is 18.1 Å². The van der Waals surface area contributed by atoms with E-state index in [0.717, 1.165) is 28.7 Å². The monoisotopic (exact) mass is 403 g/mol. The molecule has 2 aromatic heterocycles. The first kappa shape index (κ1) is 19.6. The zero-order chi connectivity index (χ0) is 17.8. The van der Waals surface area contributed by atoms with Crippen molar-refractivity contribution >= 4 is 39.4 Å². The lowest BCUT2D eigenvalue weighted by Gasteiger charge is -2.32. The first-order valence-electron chi connectivity index (χ1n) is 7.97. The Balaban J connectivity index is 2.46. The maximum Gasteiger partial charge on any atom is 0.262 e. The summed E-state index contributed by atoms with van der Waals surface area (Å²) >= 11 is 1.35. The van der Waals surface area contributed by atoms with E-state index in [1.165, 1.54) is 11.3 Å². The van der Waals surface area contributed by atoms with Crippen molar-refractivity contribution in [3.63, 3.8) is 0 Å². The molecule has 0 saturated heterocycles. The standard InChI is InChI=1S/C16H22ClNO3S2Si/c1-4-24(5-2,6-3)21-16(14-9-7-8-10-18-14)15-11-13(12-22-15)23(17,19)20/h7-12,16H,4-6H2,1-3H3. The molecule has 0 spiro atoms. The molecule has 24 heavy (non-hydrogen) atoms. The van der Waals surface area contributed by atoms with E-state index < -0.39 is 17.4 Å². The lowest BCUT2D eigenvalue weighted by Crippen LogP contribution is -2.37. The summed E-state index contributed by atoms with van der Waals surface area (Å²) < 4.78 is 29.8. The quantitative estimate of drug-likeness (QED) is 0.450. The number of hydrogen-bond donors (Lipinski definition) is 0. The largest absolute Gasteiger partial charge is 0.403 e. The highest BCUT2D eigenvalue weighted by Gasteiger charge is 2.34. The van der Waals surface area contributed by atoms with Gasteiger partial charge in [-0.3, -0.25) is 4.98 Å². The molecular weight excluding hydrogens is 382 g/mol. The summed E-state index contributed by atoms with van der Waals surface area (Å²) in [7, 11) is -0.170. The molecule has 2 heterocycles. The molecule has 4 nitrogen and oxygen atoms in total. The third kappa shape index (κ3) is 4.46. The fourth-order valence-corrected chi connectivity index (χ4v) is 7.69. The Bertz CT molecular complexity index is 752. The van der Waals surface area contributed by atoms with Crippen LogP contribution in [0.4, 0.5) is 0 Å². The van der Waals surface area contributed by atoms with Crippen LogP contribution in [0.1, 0.15) is 37.4 Å². The van der Waals surface area contributed by atoms with Crippen LogP contribution in [0.3, 0.4) is 0 Å². The molecule has 0 aliphatic rings. The normalized spacial score (nSPS) is 13.8. The summed E-state index contributed by atoms with van der Waals surface area (Å²) in [6, 6.07) is 10.3. The maximum atomic E-state index is 11.6. The Kier molecular flexibility index (Phi) is 6.61. The molecule has 8 heteroatoms. The lowest BCUT2D eigenvalue weighted by atomic mass is 10.2. The van der Waals surface area contributed by atoms with Gasteiger partial charge >= 0.3 is 0 Å². The average Bonchev–Trinajstić information content (AvgIpc) is 3.08. The Morgan fingerprint density at radius 3 is 2.38 bits per heavy atom. The van der Waals surface area contributed by atoms with Crippen molar-refractivity contribution in [1.82, 2.24) is 4.98 Å². The fraction of sp³-hybridized carbons (Fsp3) is 0.438. The van der Waals surface area contributed by atoms with E-state index in [-0.39, 0.29) is 11.0 Å². The molecular formula is C16H22ClNO3S2Si. The maximum absolute atomic E-state index is 11.6. The highest BCUT2D eigenvalue weighted by atomic mass is 35.7. The molecule has 132 valence electrons. The molecule has 2 aromatic rings. The van der Waals surface area contributed by atoms with Gasteiger partial charge < -0.3 is 4.43 Å². The third-order valence-corrected chi connectivity index (χ3v) is 11.5. The number of hydrogen-bond acceptors (Lipinski definition) is 5. The zero-order valence-electron chi connectivity index (χ0n) is 14.0. The molecule has 0 bridgehead atoms. The highest BCUT2D eigenvalue weighted by molar-refractivity contribution is 8.13. The Morgan fingerprint density at radius 1 is 1.25 bits per heavy atom. The van der Waals surface area contributed by atoms with Gasteiger partial charge in [-0.2, -0.15) is 0 Å². The van der Waals surface area contributed by atoms with Crippen LogP contribution in [0.25, 0.3) is 0 Å². The van der Waals surface area contributed by atoms with E-state index in [2.05, 4.69) is 25.8 Å². The van der Waals surface area contributed by atoms with Gasteiger partial charge in [-0.1, -0.05) is 26.8 Å². The van der Waals surface area contributed by atoms with Crippen molar-refractivity contribution in [2.24, 2.45) is 0 Å². The first-order valence-corrected chi connectivity index (χ1v) is 13.7. The Hall–Kier alpha value is -0.733. The fourth-order valence-electron chi connectivity index (χ4n) is 2.64. The van der Waals surface area contributed by atoms with Gasteiger partial charge in [0.1, 0.15) is 6.10 Å². The Morgan fingerprint density at radius 2 is 1.92 bits per heavy atom. The topological polar surface area (TPSA) is 56.3 Å². The number of pyridine rings is 1. The van der Waals surface area contributed by atoms with E-state index in [4.69, 9.17) is 15.1 Å². The second kappa shape index (κ2) is 8.10. The predicted octanol–water partition coefficient (Wildman–Crippen LogP) is 5.18. The summed E-state index contributed by atoms with van der Waals surface area (Å²) in [4.78, 5) is 5.37. The molecule has 0 radical (unpaired) electrons. The summed E-state index contributed by atoms with van der Waals surface area (Å²) in [5, 5.41) is 1.56. The van der Waals surface area contributed by atoms with Gasteiger partial charge in [0, 0.05) is 27.1 Å². The second-order valence-corrected chi connectivity index (χ2v) is 13.9. The molecule has 0 aliphatic heterocycles. The van der Waals surface area contributed by atoms with Crippen molar-refractivity contribution in [2.45, 2.75) is 49.9 Å². The molecule has 2 rings (SSSR count). The number of halogens is 1. The van der Waals surface area contributed by atoms with E-state index in [9.17, 15) is 8.42 Å². The van der Waals surface area contributed by atoms with Crippen molar-refractivity contribution in [2.75, 3.05) is 0 Å². The smallest absolute Gasteiger partial charge is 0.262 e. The number of thiophene rings is 1. The van der Waals surface area contributed by atoms with Gasteiger partial charge in [0.2, 0.25) is 0 Å². The number of nitrogens with zero attached hydrogens (tertiary/aromatic N) is 1. The Labute approximate surface area is 153 Å². The average molecular weight is 404 g/mol.